The van der Waals surface area contributed by atoms with Crippen molar-refractivity contribution in [3.63, 3.8) is 0 Å². The van der Waals surface area contributed by atoms with E-state index in [2.05, 4.69) is 21.1 Å². The maximum absolute atomic E-state index is 11.8. The maximum atomic E-state index is 11.8. The number of hydrogen-bond donors (Lipinski definition) is 4. The molecule has 2 aromatic carbocycles. The second-order valence-electron chi connectivity index (χ2n) is 6.94. The van der Waals surface area contributed by atoms with Crippen LogP contribution in [0, 0.1) is 0 Å². The van der Waals surface area contributed by atoms with Gasteiger partial charge in [0.15, 0.2) is 23.0 Å². The van der Waals surface area contributed by atoms with Gasteiger partial charge in [-0.3, -0.25) is 9.59 Å². The smallest absolute Gasteiger partial charge is 0.240 e. The molecule has 0 spiro atoms. The summed E-state index contributed by atoms with van der Waals surface area (Å²) in [6.45, 7) is 0. The molecule has 10 nitrogen and oxygen atoms in total. The number of phenolic OH excluding ortho intramolecular Hbond substituents is 2. The van der Waals surface area contributed by atoms with Crippen LogP contribution in [0.3, 0.4) is 0 Å². The van der Waals surface area contributed by atoms with Crippen LogP contribution in [0.25, 0.3) is 0 Å². The third-order valence-electron chi connectivity index (χ3n) is 4.59. The number of para-hydroxylation sites is 2. The Labute approximate surface area is 191 Å². The molecule has 2 amide bonds. The molecule has 0 saturated carbocycles. The minimum absolute atomic E-state index is 0.0547. The lowest BCUT2D eigenvalue weighted by Gasteiger charge is -2.05. The lowest BCUT2D eigenvalue weighted by molar-refractivity contribution is -0.121. The molecule has 0 unspecified atom stereocenters. The molecule has 0 heterocycles. The lowest BCUT2D eigenvalue weighted by Crippen LogP contribution is -2.18. The molecule has 0 fully saturated rings. The average molecular weight is 456 g/mol. The van der Waals surface area contributed by atoms with Gasteiger partial charge in [0.1, 0.15) is 0 Å². The Bertz CT molecular complexity index is 927. The van der Waals surface area contributed by atoms with Crippen molar-refractivity contribution in [2.75, 3.05) is 14.2 Å². The molecule has 0 bridgehead atoms. The van der Waals surface area contributed by atoms with E-state index < -0.39 is 0 Å². The first-order valence-corrected chi connectivity index (χ1v) is 10.3. The summed E-state index contributed by atoms with van der Waals surface area (Å²) in [6, 6.07) is 9.91. The first kappa shape index (κ1) is 25.2. The number of methoxy groups -OCH3 is 2. The zero-order chi connectivity index (χ0) is 24.1. The van der Waals surface area contributed by atoms with E-state index >= 15 is 0 Å². The van der Waals surface area contributed by atoms with Crippen molar-refractivity contribution in [1.82, 2.24) is 10.9 Å². The molecular weight excluding hydrogens is 428 g/mol. The standard InChI is InChI=1S/C23H28N4O6/c1-32-18-10-6-8-16(22(18)30)14-24-26-20(28)12-4-3-5-13-21(29)27-25-15-17-9-7-11-19(33-2)23(17)31/h6-11,14-15,30-31H,3-5,12-13H2,1-2H3,(H,26,28)(H,27,29). The molecule has 0 saturated heterocycles. The van der Waals surface area contributed by atoms with Crippen molar-refractivity contribution in [3.8, 4) is 23.0 Å². The van der Waals surface area contributed by atoms with Gasteiger partial charge in [0, 0.05) is 24.0 Å². The molecule has 176 valence electrons. The topological polar surface area (TPSA) is 142 Å². The zero-order valence-electron chi connectivity index (χ0n) is 18.6. The molecule has 0 atom stereocenters. The van der Waals surface area contributed by atoms with Crippen LogP contribution < -0.4 is 20.3 Å². The van der Waals surface area contributed by atoms with Gasteiger partial charge in [-0.1, -0.05) is 18.6 Å². The number of unbranched alkanes of at least 4 members (excludes halogenated alkanes) is 2. The van der Waals surface area contributed by atoms with Crippen molar-refractivity contribution in [3.05, 3.63) is 47.5 Å². The van der Waals surface area contributed by atoms with Gasteiger partial charge in [0.2, 0.25) is 11.8 Å². The van der Waals surface area contributed by atoms with Crippen molar-refractivity contribution >= 4 is 24.2 Å². The molecule has 10 heteroatoms. The summed E-state index contributed by atoms with van der Waals surface area (Å²) in [5.41, 5.74) is 5.65. The predicted octanol–water partition coefficient (Wildman–Crippen LogP) is 2.67. The minimum atomic E-state index is -0.263. The molecular formula is C23H28N4O6. The predicted molar refractivity (Wildman–Crippen MR) is 124 cm³/mol. The largest absolute Gasteiger partial charge is 0.504 e. The number of hydrogen-bond acceptors (Lipinski definition) is 8. The summed E-state index contributed by atoms with van der Waals surface area (Å²) in [6.07, 6.45) is 5.08. The van der Waals surface area contributed by atoms with Gasteiger partial charge in [-0.05, 0) is 37.1 Å². The van der Waals surface area contributed by atoms with E-state index in [0.29, 0.717) is 41.9 Å². The number of rotatable bonds is 12. The van der Waals surface area contributed by atoms with Crippen molar-refractivity contribution < 1.29 is 29.3 Å². The summed E-state index contributed by atoms with van der Waals surface area (Å²) in [5, 5.41) is 27.6. The number of nitrogens with one attached hydrogen (secondary N) is 2. The number of amides is 2. The summed E-state index contributed by atoms with van der Waals surface area (Å²) in [7, 11) is 2.89. The summed E-state index contributed by atoms with van der Waals surface area (Å²) >= 11 is 0. The molecule has 0 aliphatic heterocycles. The molecule has 4 N–H and O–H groups in total. The van der Waals surface area contributed by atoms with E-state index in [0.717, 1.165) is 0 Å². The van der Waals surface area contributed by atoms with Crippen LogP contribution in [0.4, 0.5) is 0 Å². The third-order valence-corrected chi connectivity index (χ3v) is 4.59. The highest BCUT2D eigenvalue weighted by molar-refractivity contribution is 5.87. The fourth-order valence-corrected chi connectivity index (χ4v) is 2.82. The molecule has 33 heavy (non-hydrogen) atoms. The lowest BCUT2D eigenvalue weighted by atomic mass is 10.1. The highest BCUT2D eigenvalue weighted by Crippen LogP contribution is 2.28. The fraction of sp³-hybridized carbons (Fsp3) is 0.304. The Kier molecular flexibility index (Phi) is 10.2. The summed E-state index contributed by atoms with van der Waals surface area (Å²) in [4.78, 5) is 23.7. The number of nitrogens with zero attached hydrogens (tertiary/aromatic N) is 2. The van der Waals surface area contributed by atoms with Gasteiger partial charge in [0.05, 0.1) is 26.6 Å². The van der Waals surface area contributed by atoms with E-state index in [1.165, 1.54) is 26.6 Å². The SMILES string of the molecule is COc1cccc(C=NNC(=O)CCCCCC(=O)NN=Cc2cccc(OC)c2O)c1O. The number of carbonyl (C=O) groups excluding carboxylic acids is 2. The van der Waals surface area contributed by atoms with Crippen LogP contribution in [-0.2, 0) is 9.59 Å². The monoisotopic (exact) mass is 456 g/mol. The molecule has 0 radical (unpaired) electrons. The van der Waals surface area contributed by atoms with Gasteiger partial charge in [-0.2, -0.15) is 10.2 Å². The molecule has 2 aromatic rings. The van der Waals surface area contributed by atoms with Gasteiger partial charge >= 0.3 is 0 Å². The summed E-state index contributed by atoms with van der Waals surface area (Å²) in [5.74, 6) is 0.000257. The van der Waals surface area contributed by atoms with Gasteiger partial charge in [0.25, 0.3) is 0 Å². The van der Waals surface area contributed by atoms with Crippen LogP contribution in [0.15, 0.2) is 46.6 Å². The highest BCUT2D eigenvalue weighted by Gasteiger charge is 2.07. The van der Waals surface area contributed by atoms with Crippen molar-refractivity contribution in [2.24, 2.45) is 10.2 Å². The number of carbonyl (C=O) groups is 2. The highest BCUT2D eigenvalue weighted by atomic mass is 16.5. The number of aromatic hydroxyl groups is 2. The van der Waals surface area contributed by atoms with Crippen LogP contribution in [0.5, 0.6) is 23.0 Å². The maximum Gasteiger partial charge on any atom is 0.240 e. The molecule has 0 aromatic heterocycles. The Morgan fingerprint density at radius 2 is 1.21 bits per heavy atom. The van der Waals surface area contributed by atoms with Gasteiger partial charge in [-0.25, -0.2) is 10.9 Å². The van der Waals surface area contributed by atoms with Crippen LogP contribution >= 0.6 is 0 Å². The number of hydrazone groups is 2. The Morgan fingerprint density at radius 3 is 1.61 bits per heavy atom. The summed E-state index contributed by atoms with van der Waals surface area (Å²) < 4.78 is 10.0. The average Bonchev–Trinajstić information content (AvgIpc) is 2.81. The number of benzene rings is 2. The van der Waals surface area contributed by atoms with E-state index in [1.807, 2.05) is 0 Å². The first-order valence-electron chi connectivity index (χ1n) is 10.3. The number of ether oxygens (including phenoxy) is 2. The fourth-order valence-electron chi connectivity index (χ4n) is 2.82. The van der Waals surface area contributed by atoms with E-state index in [-0.39, 0.29) is 36.2 Å². The second kappa shape index (κ2) is 13.4. The molecule has 0 aliphatic rings. The minimum Gasteiger partial charge on any atom is -0.504 e. The molecule has 2 rings (SSSR count). The van der Waals surface area contributed by atoms with E-state index in [9.17, 15) is 19.8 Å². The van der Waals surface area contributed by atoms with Crippen LogP contribution in [0.2, 0.25) is 0 Å². The Balaban J connectivity index is 1.62. The molecule has 0 aliphatic carbocycles. The second-order valence-corrected chi connectivity index (χ2v) is 6.94. The van der Waals surface area contributed by atoms with Gasteiger partial charge in [-0.15, -0.1) is 0 Å². The van der Waals surface area contributed by atoms with E-state index in [1.54, 1.807) is 36.4 Å². The Hall–Kier alpha value is -4.08. The first-order chi connectivity index (χ1) is 16.0. The normalized spacial score (nSPS) is 11.0. The quantitative estimate of drug-likeness (QED) is 0.220. The Morgan fingerprint density at radius 1 is 0.788 bits per heavy atom. The van der Waals surface area contributed by atoms with Crippen LogP contribution in [-0.4, -0.2) is 48.7 Å². The number of phenols is 2. The van der Waals surface area contributed by atoms with Crippen molar-refractivity contribution in [2.45, 2.75) is 32.1 Å². The zero-order valence-corrected chi connectivity index (χ0v) is 18.6. The van der Waals surface area contributed by atoms with Crippen molar-refractivity contribution in [1.29, 1.82) is 0 Å². The van der Waals surface area contributed by atoms with Gasteiger partial charge < -0.3 is 19.7 Å². The van der Waals surface area contributed by atoms with Crippen LogP contribution in [0.1, 0.15) is 43.2 Å². The van der Waals surface area contributed by atoms with E-state index in [4.69, 9.17) is 9.47 Å². The third kappa shape index (κ3) is 8.17.